The van der Waals surface area contributed by atoms with E-state index in [0.717, 1.165) is 12.8 Å². The van der Waals surface area contributed by atoms with Crippen LogP contribution in [0.2, 0.25) is 0 Å². The number of rotatable bonds is 8. The minimum Gasteiger partial charge on any atom is -0.312 e. The van der Waals surface area contributed by atoms with Crippen molar-refractivity contribution in [3.63, 3.8) is 0 Å². The molecule has 0 heterocycles. The SMILES string of the molecule is CCCC(CC(C)C(C)=O)P(=O)(OC)OC. The Morgan fingerprint density at radius 3 is 2.12 bits per heavy atom. The summed E-state index contributed by atoms with van der Waals surface area (Å²) in [5.74, 6) is 0.00929. The molecule has 0 saturated carbocycles. The smallest absolute Gasteiger partial charge is 0.312 e. The molecule has 0 N–H and O–H groups in total. The number of hydrogen-bond acceptors (Lipinski definition) is 4. The van der Waals surface area contributed by atoms with Crippen LogP contribution < -0.4 is 0 Å². The molecule has 0 aromatic heterocycles. The molecule has 16 heavy (non-hydrogen) atoms. The lowest BCUT2D eigenvalue weighted by Crippen LogP contribution is -2.18. The van der Waals surface area contributed by atoms with Gasteiger partial charge in [0.15, 0.2) is 0 Å². The van der Waals surface area contributed by atoms with Crippen LogP contribution in [0, 0.1) is 5.92 Å². The topological polar surface area (TPSA) is 52.6 Å². The Bertz CT molecular complexity index is 257. The highest BCUT2D eigenvalue weighted by molar-refractivity contribution is 7.54. The summed E-state index contributed by atoms with van der Waals surface area (Å²) in [7, 11) is -0.265. The highest BCUT2D eigenvalue weighted by Crippen LogP contribution is 2.55. The summed E-state index contributed by atoms with van der Waals surface area (Å²) >= 11 is 0. The Hall–Kier alpha value is -0.180. The zero-order valence-electron chi connectivity index (χ0n) is 10.9. The van der Waals surface area contributed by atoms with Crippen LogP contribution in [0.25, 0.3) is 0 Å². The van der Waals surface area contributed by atoms with Crippen molar-refractivity contribution in [3.05, 3.63) is 0 Å². The van der Waals surface area contributed by atoms with Gasteiger partial charge in [0.25, 0.3) is 0 Å². The van der Waals surface area contributed by atoms with E-state index in [1.54, 1.807) is 6.92 Å². The first-order chi connectivity index (χ1) is 7.41. The van der Waals surface area contributed by atoms with Crippen molar-refractivity contribution in [3.8, 4) is 0 Å². The van der Waals surface area contributed by atoms with Crippen molar-refractivity contribution in [2.75, 3.05) is 14.2 Å². The monoisotopic (exact) mass is 250 g/mol. The fourth-order valence-corrected chi connectivity index (χ4v) is 3.58. The molecule has 0 saturated heterocycles. The molecule has 2 unspecified atom stereocenters. The van der Waals surface area contributed by atoms with Gasteiger partial charge in [-0.1, -0.05) is 20.3 Å². The van der Waals surface area contributed by atoms with E-state index in [2.05, 4.69) is 0 Å². The Kier molecular flexibility index (Phi) is 7.12. The molecule has 96 valence electrons. The number of hydrogen-bond donors (Lipinski definition) is 0. The molecule has 4 nitrogen and oxygen atoms in total. The molecule has 0 aliphatic carbocycles. The second-order valence-corrected chi connectivity index (χ2v) is 6.64. The zero-order valence-corrected chi connectivity index (χ0v) is 11.8. The van der Waals surface area contributed by atoms with Crippen molar-refractivity contribution in [2.45, 2.75) is 45.7 Å². The molecule has 0 aromatic rings. The summed E-state index contributed by atoms with van der Waals surface area (Å²) in [6, 6.07) is 0. The molecule has 0 amide bonds. The van der Waals surface area contributed by atoms with Crippen molar-refractivity contribution < 1.29 is 18.4 Å². The zero-order chi connectivity index (χ0) is 12.8. The second-order valence-electron chi connectivity index (χ2n) is 4.09. The highest BCUT2D eigenvalue weighted by atomic mass is 31.2. The molecule has 0 aromatic carbocycles. The molecule has 0 fully saturated rings. The molecule has 0 radical (unpaired) electrons. The van der Waals surface area contributed by atoms with Crippen LogP contribution in [0.5, 0.6) is 0 Å². The largest absolute Gasteiger partial charge is 0.333 e. The number of Topliss-reactive ketones (excluding diaryl/α,β-unsaturated/α-hetero) is 1. The van der Waals surface area contributed by atoms with Gasteiger partial charge in [0.2, 0.25) is 0 Å². The molecule has 0 bridgehead atoms. The highest BCUT2D eigenvalue weighted by Gasteiger charge is 2.34. The first kappa shape index (κ1) is 15.8. The van der Waals surface area contributed by atoms with E-state index in [-0.39, 0.29) is 17.4 Å². The van der Waals surface area contributed by atoms with Gasteiger partial charge in [0.05, 0.1) is 5.66 Å². The Labute approximate surface area is 98.2 Å². The van der Waals surface area contributed by atoms with Crippen LogP contribution in [0.1, 0.15) is 40.0 Å². The number of carbonyl (C=O) groups is 1. The Morgan fingerprint density at radius 2 is 1.81 bits per heavy atom. The minimum absolute atomic E-state index is 0.102. The minimum atomic E-state index is -3.05. The Morgan fingerprint density at radius 1 is 1.31 bits per heavy atom. The van der Waals surface area contributed by atoms with Crippen LogP contribution in [-0.4, -0.2) is 25.7 Å². The summed E-state index contributed by atoms with van der Waals surface area (Å²) in [5.41, 5.74) is -0.189. The van der Waals surface area contributed by atoms with Crippen molar-refractivity contribution >= 4 is 13.4 Å². The van der Waals surface area contributed by atoms with Crippen molar-refractivity contribution in [1.29, 1.82) is 0 Å². The number of ketones is 1. The Balaban J connectivity index is 4.72. The fraction of sp³-hybridized carbons (Fsp3) is 0.909. The van der Waals surface area contributed by atoms with Gasteiger partial charge >= 0.3 is 7.60 Å². The standard InChI is InChI=1S/C11H23O4P/c1-6-7-11(8-9(2)10(3)12)16(13,14-4)15-5/h9,11H,6-8H2,1-5H3. The third-order valence-electron chi connectivity index (χ3n) is 2.90. The van der Waals surface area contributed by atoms with E-state index in [1.165, 1.54) is 14.2 Å². The summed E-state index contributed by atoms with van der Waals surface area (Å²) < 4.78 is 22.3. The average Bonchev–Trinajstić information content (AvgIpc) is 2.27. The van der Waals surface area contributed by atoms with E-state index in [9.17, 15) is 9.36 Å². The normalized spacial score (nSPS) is 15.8. The van der Waals surface area contributed by atoms with E-state index in [1.807, 2.05) is 13.8 Å². The molecule has 0 rings (SSSR count). The van der Waals surface area contributed by atoms with Crippen LogP contribution in [0.3, 0.4) is 0 Å². The van der Waals surface area contributed by atoms with Gasteiger partial charge in [-0.2, -0.15) is 0 Å². The lowest BCUT2D eigenvalue weighted by molar-refractivity contribution is -0.120. The van der Waals surface area contributed by atoms with E-state index < -0.39 is 7.60 Å². The van der Waals surface area contributed by atoms with Crippen LogP contribution in [-0.2, 0) is 18.4 Å². The third-order valence-corrected chi connectivity index (χ3v) is 5.28. The van der Waals surface area contributed by atoms with Gasteiger partial charge in [-0.25, -0.2) is 0 Å². The predicted molar refractivity (Wildman–Crippen MR) is 64.8 cm³/mol. The van der Waals surface area contributed by atoms with Gasteiger partial charge in [-0.3, -0.25) is 9.36 Å². The van der Waals surface area contributed by atoms with Gasteiger partial charge in [0, 0.05) is 20.1 Å². The van der Waals surface area contributed by atoms with E-state index in [0.29, 0.717) is 6.42 Å². The summed E-state index contributed by atoms with van der Waals surface area (Å²) in [4.78, 5) is 11.2. The van der Waals surface area contributed by atoms with Crippen molar-refractivity contribution in [2.24, 2.45) is 5.92 Å². The van der Waals surface area contributed by atoms with E-state index in [4.69, 9.17) is 9.05 Å². The van der Waals surface area contributed by atoms with Crippen LogP contribution >= 0.6 is 7.60 Å². The maximum atomic E-state index is 12.2. The lowest BCUT2D eigenvalue weighted by atomic mass is 9.99. The maximum absolute atomic E-state index is 12.2. The summed E-state index contributed by atoms with van der Waals surface area (Å²) in [5, 5.41) is 0. The molecule has 0 aliphatic rings. The third kappa shape index (κ3) is 4.36. The first-order valence-corrected chi connectivity index (χ1v) is 7.24. The molecule has 0 spiro atoms. The van der Waals surface area contributed by atoms with Gasteiger partial charge < -0.3 is 9.05 Å². The predicted octanol–water partition coefficient (Wildman–Crippen LogP) is 3.26. The number of carbonyl (C=O) groups excluding carboxylic acids is 1. The molecular formula is C11H23O4P. The second kappa shape index (κ2) is 7.21. The molecule has 2 atom stereocenters. The lowest BCUT2D eigenvalue weighted by Gasteiger charge is -2.25. The van der Waals surface area contributed by atoms with Gasteiger partial charge in [-0.15, -0.1) is 0 Å². The molecule has 5 heteroatoms. The fourth-order valence-electron chi connectivity index (χ4n) is 1.69. The summed E-state index contributed by atoms with van der Waals surface area (Å²) in [6.07, 6.45) is 2.20. The molecule has 0 aliphatic heterocycles. The van der Waals surface area contributed by atoms with E-state index >= 15 is 0 Å². The quantitative estimate of drug-likeness (QED) is 0.620. The first-order valence-electron chi connectivity index (χ1n) is 5.62. The van der Waals surface area contributed by atoms with Gasteiger partial charge in [0.1, 0.15) is 5.78 Å². The van der Waals surface area contributed by atoms with Crippen LogP contribution in [0.4, 0.5) is 0 Å². The van der Waals surface area contributed by atoms with Crippen molar-refractivity contribution in [1.82, 2.24) is 0 Å². The molecular weight excluding hydrogens is 227 g/mol. The summed E-state index contributed by atoms with van der Waals surface area (Å²) in [6.45, 7) is 5.42. The average molecular weight is 250 g/mol. The maximum Gasteiger partial charge on any atom is 0.333 e. The van der Waals surface area contributed by atoms with Gasteiger partial charge in [-0.05, 0) is 19.8 Å². The van der Waals surface area contributed by atoms with Crippen LogP contribution in [0.15, 0.2) is 0 Å².